The third-order valence-corrected chi connectivity index (χ3v) is 3.81. The van der Waals surface area contributed by atoms with Crippen LogP contribution in [0.1, 0.15) is 25.3 Å². The molecule has 136 valence electrons. The van der Waals surface area contributed by atoms with Crippen LogP contribution in [0.4, 0.5) is 0 Å². The van der Waals surface area contributed by atoms with Crippen LogP contribution in [-0.4, -0.2) is 58.8 Å². The third kappa shape index (κ3) is 7.08. The van der Waals surface area contributed by atoms with Crippen LogP contribution >= 0.6 is 0 Å². The van der Waals surface area contributed by atoms with Gasteiger partial charge in [-0.2, -0.15) is 0 Å². The van der Waals surface area contributed by atoms with Gasteiger partial charge in [-0.15, -0.1) is 0 Å². The van der Waals surface area contributed by atoms with Crippen molar-refractivity contribution in [3.63, 3.8) is 0 Å². The standard InChI is InChI=1S/C18H32N4O2/c1-6-7-11-22(3)12-10-20-18(19-2)21-14-15-8-9-16(23-4)17(13-15)24-5/h8-9,13H,6-7,10-12,14H2,1-5H3,(H2,19,20,21). The lowest BCUT2D eigenvalue weighted by molar-refractivity contribution is 0.332. The van der Waals surface area contributed by atoms with Crippen LogP contribution in [0.3, 0.4) is 0 Å². The summed E-state index contributed by atoms with van der Waals surface area (Å²) in [5, 5.41) is 6.65. The first-order valence-electron chi connectivity index (χ1n) is 8.48. The van der Waals surface area contributed by atoms with Crippen LogP contribution in [0.25, 0.3) is 0 Å². The smallest absolute Gasteiger partial charge is 0.191 e. The summed E-state index contributed by atoms with van der Waals surface area (Å²) in [6.07, 6.45) is 2.47. The Balaban J connectivity index is 2.41. The van der Waals surface area contributed by atoms with Gasteiger partial charge < -0.3 is 25.0 Å². The molecular formula is C18H32N4O2. The molecule has 1 aromatic carbocycles. The molecule has 0 radical (unpaired) electrons. The molecule has 0 unspecified atom stereocenters. The molecule has 0 amide bonds. The molecule has 0 aliphatic carbocycles. The fourth-order valence-electron chi connectivity index (χ4n) is 2.30. The molecule has 6 nitrogen and oxygen atoms in total. The Labute approximate surface area is 146 Å². The molecule has 0 saturated heterocycles. The minimum atomic E-state index is 0.672. The maximum atomic E-state index is 5.33. The molecule has 0 saturated carbocycles. The largest absolute Gasteiger partial charge is 0.493 e. The highest BCUT2D eigenvalue weighted by molar-refractivity contribution is 5.79. The molecule has 0 atom stereocenters. The number of rotatable bonds is 10. The summed E-state index contributed by atoms with van der Waals surface area (Å²) in [7, 11) is 7.21. The molecule has 0 spiro atoms. The number of guanidine groups is 1. The summed E-state index contributed by atoms with van der Waals surface area (Å²) < 4.78 is 10.6. The van der Waals surface area contributed by atoms with E-state index in [4.69, 9.17) is 9.47 Å². The van der Waals surface area contributed by atoms with E-state index < -0.39 is 0 Å². The van der Waals surface area contributed by atoms with E-state index in [0.717, 1.165) is 42.7 Å². The average molecular weight is 336 g/mol. The molecule has 0 aliphatic rings. The van der Waals surface area contributed by atoms with E-state index in [2.05, 4.69) is 34.5 Å². The lowest BCUT2D eigenvalue weighted by Gasteiger charge is -2.18. The minimum Gasteiger partial charge on any atom is -0.493 e. The second-order valence-electron chi connectivity index (χ2n) is 5.70. The first kappa shape index (κ1) is 20.1. The zero-order valence-corrected chi connectivity index (χ0v) is 15.7. The molecule has 0 aromatic heterocycles. The topological polar surface area (TPSA) is 58.1 Å². The molecule has 1 aromatic rings. The zero-order chi connectivity index (χ0) is 17.8. The molecule has 0 aliphatic heterocycles. The zero-order valence-electron chi connectivity index (χ0n) is 15.7. The van der Waals surface area contributed by atoms with Crippen molar-refractivity contribution < 1.29 is 9.47 Å². The van der Waals surface area contributed by atoms with Crippen molar-refractivity contribution in [2.75, 3.05) is 47.9 Å². The summed E-state index contributed by atoms with van der Waals surface area (Å²) in [4.78, 5) is 6.59. The molecule has 1 rings (SSSR count). The van der Waals surface area contributed by atoms with E-state index in [1.54, 1.807) is 21.3 Å². The van der Waals surface area contributed by atoms with Crippen molar-refractivity contribution in [2.45, 2.75) is 26.3 Å². The Morgan fingerprint density at radius 1 is 1.12 bits per heavy atom. The summed E-state index contributed by atoms with van der Waals surface area (Å²) in [5.74, 6) is 2.27. The number of nitrogens with zero attached hydrogens (tertiary/aromatic N) is 2. The van der Waals surface area contributed by atoms with Crippen molar-refractivity contribution in [3.05, 3.63) is 23.8 Å². The highest BCUT2D eigenvalue weighted by Gasteiger charge is 2.05. The number of unbranched alkanes of at least 4 members (excludes halogenated alkanes) is 1. The lowest BCUT2D eigenvalue weighted by Crippen LogP contribution is -2.40. The Bertz CT molecular complexity index is 506. The summed E-state index contributed by atoms with van der Waals surface area (Å²) >= 11 is 0. The summed E-state index contributed by atoms with van der Waals surface area (Å²) in [6.45, 7) is 5.89. The van der Waals surface area contributed by atoms with E-state index in [1.165, 1.54) is 12.8 Å². The summed E-state index contributed by atoms with van der Waals surface area (Å²) in [6, 6.07) is 5.90. The highest BCUT2D eigenvalue weighted by atomic mass is 16.5. The molecule has 0 fully saturated rings. The maximum absolute atomic E-state index is 5.33. The Kier molecular flexibility index (Phi) is 9.68. The van der Waals surface area contributed by atoms with Crippen LogP contribution in [0.2, 0.25) is 0 Å². The molecule has 0 heterocycles. The predicted octanol–water partition coefficient (Wildman–Crippen LogP) is 2.10. The monoisotopic (exact) mass is 336 g/mol. The van der Waals surface area contributed by atoms with Gasteiger partial charge >= 0.3 is 0 Å². The van der Waals surface area contributed by atoms with Gasteiger partial charge in [0.2, 0.25) is 0 Å². The predicted molar refractivity (Wildman–Crippen MR) is 100 cm³/mol. The number of methoxy groups -OCH3 is 2. The normalized spacial score (nSPS) is 11.5. The van der Waals surface area contributed by atoms with Gasteiger partial charge in [-0.1, -0.05) is 19.4 Å². The van der Waals surface area contributed by atoms with Gasteiger partial charge in [0.25, 0.3) is 0 Å². The molecule has 6 heteroatoms. The van der Waals surface area contributed by atoms with Gasteiger partial charge in [-0.25, -0.2) is 0 Å². The van der Waals surface area contributed by atoms with Gasteiger partial charge in [0, 0.05) is 26.7 Å². The Morgan fingerprint density at radius 2 is 1.88 bits per heavy atom. The van der Waals surface area contributed by atoms with Gasteiger partial charge in [0.15, 0.2) is 17.5 Å². The van der Waals surface area contributed by atoms with Crippen molar-refractivity contribution in [2.24, 2.45) is 4.99 Å². The van der Waals surface area contributed by atoms with Gasteiger partial charge in [0.05, 0.1) is 14.2 Å². The van der Waals surface area contributed by atoms with Crippen molar-refractivity contribution in [3.8, 4) is 11.5 Å². The SMILES string of the molecule is CCCCN(C)CCNC(=NC)NCc1ccc(OC)c(OC)c1. The fraction of sp³-hybridized carbons (Fsp3) is 0.611. The Hall–Kier alpha value is -1.95. The number of ether oxygens (including phenoxy) is 2. The van der Waals surface area contributed by atoms with E-state index >= 15 is 0 Å². The van der Waals surface area contributed by atoms with Crippen LogP contribution in [0.5, 0.6) is 11.5 Å². The average Bonchev–Trinajstić information content (AvgIpc) is 2.62. The van der Waals surface area contributed by atoms with E-state index in [9.17, 15) is 0 Å². The van der Waals surface area contributed by atoms with Crippen LogP contribution in [0, 0.1) is 0 Å². The second kappa shape index (κ2) is 11.6. The van der Waals surface area contributed by atoms with Crippen molar-refractivity contribution >= 4 is 5.96 Å². The second-order valence-corrected chi connectivity index (χ2v) is 5.70. The maximum Gasteiger partial charge on any atom is 0.191 e. The summed E-state index contributed by atoms with van der Waals surface area (Å²) in [5.41, 5.74) is 1.11. The van der Waals surface area contributed by atoms with Crippen molar-refractivity contribution in [1.29, 1.82) is 0 Å². The fourth-order valence-corrected chi connectivity index (χ4v) is 2.30. The van der Waals surface area contributed by atoms with Crippen molar-refractivity contribution in [1.82, 2.24) is 15.5 Å². The first-order valence-corrected chi connectivity index (χ1v) is 8.48. The van der Waals surface area contributed by atoms with Crippen LogP contribution < -0.4 is 20.1 Å². The number of hydrogen-bond acceptors (Lipinski definition) is 4. The number of likely N-dealkylation sites (N-methyl/N-ethyl adjacent to an activating group) is 1. The lowest BCUT2D eigenvalue weighted by atomic mass is 10.2. The van der Waals surface area contributed by atoms with E-state index in [-0.39, 0.29) is 0 Å². The van der Waals surface area contributed by atoms with Crippen LogP contribution in [0.15, 0.2) is 23.2 Å². The quantitative estimate of drug-likeness (QED) is 0.506. The van der Waals surface area contributed by atoms with Gasteiger partial charge in [0.1, 0.15) is 0 Å². The van der Waals surface area contributed by atoms with E-state index in [0.29, 0.717) is 6.54 Å². The molecule has 0 bridgehead atoms. The molecular weight excluding hydrogens is 304 g/mol. The first-order chi connectivity index (χ1) is 11.6. The third-order valence-electron chi connectivity index (χ3n) is 3.81. The van der Waals surface area contributed by atoms with Crippen LogP contribution in [-0.2, 0) is 6.54 Å². The molecule has 24 heavy (non-hydrogen) atoms. The van der Waals surface area contributed by atoms with Gasteiger partial charge in [-0.05, 0) is 37.7 Å². The molecule has 2 N–H and O–H groups in total. The number of nitrogens with one attached hydrogen (secondary N) is 2. The Morgan fingerprint density at radius 3 is 2.50 bits per heavy atom. The number of benzene rings is 1. The van der Waals surface area contributed by atoms with Gasteiger partial charge in [-0.3, -0.25) is 4.99 Å². The highest BCUT2D eigenvalue weighted by Crippen LogP contribution is 2.27. The minimum absolute atomic E-state index is 0.672. The number of hydrogen-bond donors (Lipinski definition) is 2. The van der Waals surface area contributed by atoms with E-state index in [1.807, 2.05) is 18.2 Å². The number of aliphatic imine (C=N–C) groups is 1.